The van der Waals surface area contributed by atoms with E-state index in [0.29, 0.717) is 23.7 Å². The summed E-state index contributed by atoms with van der Waals surface area (Å²) >= 11 is 1.59. The highest BCUT2D eigenvalue weighted by atomic mass is 32.1. The van der Waals surface area contributed by atoms with Crippen molar-refractivity contribution < 1.29 is 14.3 Å². The zero-order chi connectivity index (χ0) is 13.5. The number of carbonyl (C=O) groups excluding carboxylic acids is 1. The fraction of sp³-hybridized carbons (Fsp3) is 0.143. The van der Waals surface area contributed by atoms with Gasteiger partial charge in [0.1, 0.15) is 18.1 Å². The summed E-state index contributed by atoms with van der Waals surface area (Å²) in [5.74, 6) is 1.29. The SMILES string of the molecule is O=C1COc2cc(OCc3cn4ccsc4n3)ccc21. The first-order chi connectivity index (χ1) is 9.79. The van der Waals surface area contributed by atoms with Crippen LogP contribution in [0.3, 0.4) is 0 Å². The highest BCUT2D eigenvalue weighted by Gasteiger charge is 2.21. The topological polar surface area (TPSA) is 52.8 Å². The van der Waals surface area contributed by atoms with E-state index in [1.54, 1.807) is 29.5 Å². The van der Waals surface area contributed by atoms with Gasteiger partial charge in [0.25, 0.3) is 0 Å². The minimum atomic E-state index is 0.0147. The van der Waals surface area contributed by atoms with E-state index < -0.39 is 0 Å². The van der Waals surface area contributed by atoms with Crippen LogP contribution in [0.5, 0.6) is 11.5 Å². The Morgan fingerprint density at radius 1 is 1.45 bits per heavy atom. The lowest BCUT2D eigenvalue weighted by atomic mass is 10.1. The van der Waals surface area contributed by atoms with Crippen LogP contribution < -0.4 is 9.47 Å². The molecule has 100 valence electrons. The molecule has 0 saturated carbocycles. The number of fused-ring (bicyclic) bond motifs is 2. The molecule has 1 aliphatic rings. The summed E-state index contributed by atoms with van der Waals surface area (Å²) in [6.07, 6.45) is 3.91. The van der Waals surface area contributed by atoms with Gasteiger partial charge in [0.05, 0.1) is 11.3 Å². The van der Waals surface area contributed by atoms with Gasteiger partial charge in [-0.25, -0.2) is 4.98 Å². The Labute approximate surface area is 118 Å². The average Bonchev–Trinajstić information content (AvgIpc) is 3.11. The van der Waals surface area contributed by atoms with Crippen LogP contribution in [0.15, 0.2) is 36.0 Å². The predicted molar refractivity (Wildman–Crippen MR) is 73.7 cm³/mol. The molecule has 1 aromatic carbocycles. The van der Waals surface area contributed by atoms with Crippen molar-refractivity contribution in [3.63, 3.8) is 0 Å². The third-order valence-electron chi connectivity index (χ3n) is 3.14. The molecule has 0 unspecified atom stereocenters. The Morgan fingerprint density at radius 2 is 2.40 bits per heavy atom. The summed E-state index contributed by atoms with van der Waals surface area (Å²) in [7, 11) is 0. The molecule has 3 aromatic rings. The van der Waals surface area contributed by atoms with Gasteiger partial charge in [0.15, 0.2) is 11.6 Å². The number of thiazole rings is 1. The minimum absolute atomic E-state index is 0.0147. The van der Waals surface area contributed by atoms with E-state index >= 15 is 0 Å². The van der Waals surface area contributed by atoms with Crippen molar-refractivity contribution in [1.29, 1.82) is 0 Å². The first-order valence-corrected chi connectivity index (χ1v) is 7.01. The lowest BCUT2D eigenvalue weighted by molar-refractivity contribution is 0.0961. The standard InChI is InChI=1S/C14H10N2O3S/c17-12-8-19-13-5-10(1-2-11(12)13)18-7-9-6-16-3-4-20-14(16)15-9/h1-6H,7-8H2. The minimum Gasteiger partial charge on any atom is -0.487 e. The molecule has 0 spiro atoms. The first-order valence-electron chi connectivity index (χ1n) is 6.13. The molecule has 20 heavy (non-hydrogen) atoms. The number of rotatable bonds is 3. The molecule has 1 aliphatic heterocycles. The number of hydrogen-bond donors (Lipinski definition) is 0. The van der Waals surface area contributed by atoms with Crippen LogP contribution in [0.25, 0.3) is 4.96 Å². The number of aromatic nitrogens is 2. The average molecular weight is 286 g/mol. The van der Waals surface area contributed by atoms with Gasteiger partial charge in [0.2, 0.25) is 5.78 Å². The van der Waals surface area contributed by atoms with Gasteiger partial charge in [-0.15, -0.1) is 11.3 Å². The van der Waals surface area contributed by atoms with E-state index in [9.17, 15) is 4.79 Å². The third-order valence-corrected chi connectivity index (χ3v) is 3.91. The first kappa shape index (κ1) is 11.5. The summed E-state index contributed by atoms with van der Waals surface area (Å²) in [6.45, 7) is 0.511. The van der Waals surface area contributed by atoms with Crippen molar-refractivity contribution in [2.24, 2.45) is 0 Å². The maximum atomic E-state index is 11.4. The lowest BCUT2D eigenvalue weighted by Crippen LogP contribution is -1.98. The molecule has 5 nitrogen and oxygen atoms in total. The van der Waals surface area contributed by atoms with Crippen molar-refractivity contribution in [3.05, 3.63) is 47.2 Å². The van der Waals surface area contributed by atoms with Gasteiger partial charge < -0.3 is 9.47 Å². The van der Waals surface area contributed by atoms with Crippen LogP contribution >= 0.6 is 11.3 Å². The van der Waals surface area contributed by atoms with Crippen molar-refractivity contribution in [2.45, 2.75) is 6.61 Å². The Balaban J connectivity index is 1.52. The molecule has 6 heteroatoms. The van der Waals surface area contributed by atoms with E-state index in [2.05, 4.69) is 4.98 Å². The molecule has 2 aromatic heterocycles. The second-order valence-electron chi connectivity index (χ2n) is 4.48. The largest absolute Gasteiger partial charge is 0.487 e. The molecule has 0 saturated heterocycles. The van der Waals surface area contributed by atoms with Gasteiger partial charge in [-0.1, -0.05) is 0 Å². The number of imidazole rings is 1. The smallest absolute Gasteiger partial charge is 0.203 e. The Hall–Kier alpha value is -2.34. The molecule has 0 bridgehead atoms. The van der Waals surface area contributed by atoms with Crippen LogP contribution in [0.1, 0.15) is 16.1 Å². The number of ketones is 1. The summed E-state index contributed by atoms with van der Waals surface area (Å²) in [4.78, 5) is 16.8. The molecule has 0 aliphatic carbocycles. The molecule has 0 N–H and O–H groups in total. The monoisotopic (exact) mass is 286 g/mol. The fourth-order valence-electron chi connectivity index (χ4n) is 2.17. The lowest BCUT2D eigenvalue weighted by Gasteiger charge is -2.05. The summed E-state index contributed by atoms with van der Waals surface area (Å²) in [6, 6.07) is 5.27. The van der Waals surface area contributed by atoms with Gasteiger partial charge in [-0.2, -0.15) is 0 Å². The molecule has 0 amide bonds. The second-order valence-corrected chi connectivity index (χ2v) is 5.36. The predicted octanol–water partition coefficient (Wildman–Crippen LogP) is 2.55. The Kier molecular flexibility index (Phi) is 2.50. The number of benzene rings is 1. The number of ether oxygens (including phenoxy) is 2. The van der Waals surface area contributed by atoms with E-state index in [4.69, 9.17) is 9.47 Å². The molecule has 0 fully saturated rings. The van der Waals surface area contributed by atoms with Crippen LogP contribution in [0.2, 0.25) is 0 Å². The van der Waals surface area contributed by atoms with Crippen LogP contribution in [-0.2, 0) is 6.61 Å². The van der Waals surface area contributed by atoms with Crippen molar-refractivity contribution in [3.8, 4) is 11.5 Å². The highest BCUT2D eigenvalue weighted by molar-refractivity contribution is 7.15. The van der Waals surface area contributed by atoms with E-state index in [1.807, 2.05) is 22.2 Å². The van der Waals surface area contributed by atoms with E-state index in [1.165, 1.54) is 0 Å². The van der Waals surface area contributed by atoms with Gasteiger partial charge in [-0.3, -0.25) is 9.20 Å². The zero-order valence-electron chi connectivity index (χ0n) is 10.4. The van der Waals surface area contributed by atoms with Crippen LogP contribution in [0, 0.1) is 0 Å². The highest BCUT2D eigenvalue weighted by Crippen LogP contribution is 2.29. The second kappa shape index (κ2) is 4.35. The molecular formula is C14H10N2O3S. The van der Waals surface area contributed by atoms with Gasteiger partial charge >= 0.3 is 0 Å². The number of hydrogen-bond acceptors (Lipinski definition) is 5. The number of carbonyl (C=O) groups is 1. The fourth-order valence-corrected chi connectivity index (χ4v) is 2.89. The van der Waals surface area contributed by atoms with E-state index in [-0.39, 0.29) is 12.4 Å². The molecular weight excluding hydrogens is 276 g/mol. The molecule has 3 heterocycles. The molecule has 0 atom stereocenters. The normalized spacial score (nSPS) is 13.5. The summed E-state index contributed by atoms with van der Waals surface area (Å²) in [5.41, 5.74) is 1.49. The van der Waals surface area contributed by atoms with E-state index in [0.717, 1.165) is 10.7 Å². The Bertz CT molecular complexity index is 777. The van der Waals surface area contributed by atoms with Gasteiger partial charge in [-0.05, 0) is 12.1 Å². The third kappa shape index (κ3) is 1.85. The maximum Gasteiger partial charge on any atom is 0.203 e. The van der Waals surface area contributed by atoms with Crippen molar-refractivity contribution in [1.82, 2.24) is 9.38 Å². The van der Waals surface area contributed by atoms with Gasteiger partial charge in [0, 0.05) is 23.8 Å². The Morgan fingerprint density at radius 3 is 3.30 bits per heavy atom. The molecule has 4 rings (SSSR count). The molecule has 0 radical (unpaired) electrons. The quantitative estimate of drug-likeness (QED) is 0.742. The van der Waals surface area contributed by atoms with Crippen LogP contribution in [-0.4, -0.2) is 21.8 Å². The summed E-state index contributed by atoms with van der Waals surface area (Å²) in [5, 5.41) is 1.99. The number of Topliss-reactive ketones (excluding diaryl/α,β-unsaturated/α-hetero) is 1. The summed E-state index contributed by atoms with van der Waals surface area (Å²) < 4.78 is 12.9. The maximum absolute atomic E-state index is 11.4. The van der Waals surface area contributed by atoms with Crippen LogP contribution in [0.4, 0.5) is 0 Å². The van der Waals surface area contributed by atoms with Crippen molar-refractivity contribution >= 4 is 22.1 Å². The van der Waals surface area contributed by atoms with Crippen molar-refractivity contribution in [2.75, 3.05) is 6.61 Å². The zero-order valence-corrected chi connectivity index (χ0v) is 11.2. The number of nitrogens with zero attached hydrogens (tertiary/aromatic N) is 2.